The molecule has 0 unspecified atom stereocenters. The first-order valence-electron chi connectivity index (χ1n) is 9.76. The topological polar surface area (TPSA) is 80.9 Å². The number of rotatable bonds is 2. The summed E-state index contributed by atoms with van der Waals surface area (Å²) in [7, 11) is 0. The predicted octanol–water partition coefficient (Wildman–Crippen LogP) is 3.15. The second kappa shape index (κ2) is 6.62. The van der Waals surface area contributed by atoms with Crippen LogP contribution >= 0.6 is 0 Å². The number of carbonyl (C=O) groups excluding carboxylic acids is 1. The number of fused-ring (bicyclic) bond motifs is 4. The molecule has 29 heavy (non-hydrogen) atoms. The highest BCUT2D eigenvalue weighted by Crippen LogP contribution is 2.36. The van der Waals surface area contributed by atoms with Crippen LogP contribution in [0.15, 0.2) is 21.9 Å². The lowest BCUT2D eigenvalue weighted by Crippen LogP contribution is -2.45. The van der Waals surface area contributed by atoms with Crippen LogP contribution in [0.5, 0.6) is 0 Å². The minimum Gasteiger partial charge on any atom is -0.458 e. The number of pyridine rings is 1. The van der Waals surface area contributed by atoms with E-state index in [1.165, 1.54) is 6.07 Å². The Labute approximate surface area is 167 Å². The number of halogens is 1. The van der Waals surface area contributed by atoms with Crippen molar-refractivity contribution >= 4 is 17.4 Å². The van der Waals surface area contributed by atoms with Gasteiger partial charge in [0.25, 0.3) is 5.56 Å². The van der Waals surface area contributed by atoms with Gasteiger partial charge in [0.15, 0.2) is 5.60 Å². The maximum atomic E-state index is 14.5. The van der Waals surface area contributed by atoms with E-state index in [9.17, 15) is 19.1 Å². The van der Waals surface area contributed by atoms with Gasteiger partial charge in [-0.2, -0.15) is 0 Å². The average molecular weight is 398 g/mol. The summed E-state index contributed by atoms with van der Waals surface area (Å²) in [5.74, 6) is -1.11. The lowest BCUT2D eigenvalue weighted by atomic mass is 9.85. The fourth-order valence-corrected chi connectivity index (χ4v) is 4.19. The van der Waals surface area contributed by atoms with Gasteiger partial charge in [-0.1, -0.05) is 13.8 Å². The molecule has 2 bridgehead atoms. The molecule has 0 amide bonds. The lowest BCUT2D eigenvalue weighted by molar-refractivity contribution is -0.172. The highest BCUT2D eigenvalue weighted by molar-refractivity contribution is 6.01. The molecule has 0 saturated carbocycles. The van der Waals surface area contributed by atoms with E-state index in [1.54, 1.807) is 24.5 Å². The number of aliphatic hydroxyl groups is 1. The molecule has 1 atom stereocenters. The summed E-state index contributed by atoms with van der Waals surface area (Å²) in [5, 5.41) is 11.0. The molecule has 0 fully saturated rings. The number of carbonyl (C=O) groups is 1. The molecule has 7 heteroatoms. The molecule has 4 rings (SSSR count). The van der Waals surface area contributed by atoms with E-state index in [0.29, 0.717) is 34.6 Å². The van der Waals surface area contributed by atoms with Crippen molar-refractivity contribution in [2.24, 2.45) is 4.99 Å². The highest BCUT2D eigenvalue weighted by atomic mass is 19.1. The van der Waals surface area contributed by atoms with Gasteiger partial charge in [0.1, 0.15) is 12.4 Å². The van der Waals surface area contributed by atoms with Gasteiger partial charge in [-0.25, -0.2) is 9.18 Å². The van der Waals surface area contributed by atoms with Crippen molar-refractivity contribution in [1.29, 1.82) is 0 Å². The fraction of sp³-hybridized carbons (Fsp3) is 0.409. The zero-order valence-corrected chi connectivity index (χ0v) is 16.9. The Morgan fingerprint density at radius 1 is 1.21 bits per heavy atom. The molecule has 6 nitrogen and oxygen atoms in total. The summed E-state index contributed by atoms with van der Waals surface area (Å²) in [6, 6.07) is 3.09. The summed E-state index contributed by atoms with van der Waals surface area (Å²) >= 11 is 0. The minimum atomic E-state index is -1.87. The monoisotopic (exact) mass is 398 g/mol. The number of benzene rings is 1. The van der Waals surface area contributed by atoms with Crippen LogP contribution in [0, 0.1) is 19.7 Å². The van der Waals surface area contributed by atoms with Gasteiger partial charge in [0.05, 0.1) is 29.2 Å². The number of aliphatic imine (C=N–C) groups is 1. The van der Waals surface area contributed by atoms with E-state index in [2.05, 4.69) is 4.99 Å². The van der Waals surface area contributed by atoms with E-state index in [4.69, 9.17) is 4.74 Å². The first-order valence-corrected chi connectivity index (χ1v) is 9.76. The fourth-order valence-electron chi connectivity index (χ4n) is 4.19. The van der Waals surface area contributed by atoms with Gasteiger partial charge in [-0.15, -0.1) is 0 Å². The Hall–Kier alpha value is -2.80. The highest BCUT2D eigenvalue weighted by Gasteiger charge is 2.45. The summed E-state index contributed by atoms with van der Waals surface area (Å²) in [5.41, 5.74) is 1.98. The summed E-state index contributed by atoms with van der Waals surface area (Å²) < 4.78 is 21.1. The van der Waals surface area contributed by atoms with Gasteiger partial charge < -0.3 is 14.4 Å². The molecule has 2 aliphatic heterocycles. The molecule has 0 saturated heterocycles. The Morgan fingerprint density at radius 2 is 1.93 bits per heavy atom. The van der Waals surface area contributed by atoms with Gasteiger partial charge in [-0.3, -0.25) is 9.79 Å². The van der Waals surface area contributed by atoms with E-state index in [-0.39, 0.29) is 42.1 Å². The van der Waals surface area contributed by atoms with Crippen LogP contribution in [0.3, 0.4) is 0 Å². The maximum Gasteiger partial charge on any atom is 0.343 e. The predicted molar refractivity (Wildman–Crippen MR) is 106 cm³/mol. The molecule has 2 aliphatic rings. The molecule has 1 aromatic heterocycles. The van der Waals surface area contributed by atoms with E-state index < -0.39 is 11.6 Å². The number of esters is 1. The Morgan fingerprint density at radius 3 is 2.59 bits per heavy atom. The number of nitrogens with zero attached hydrogens (tertiary/aromatic N) is 2. The SMILES string of the molecule is CC/C1=N\c2cc(F)c(C)c(c2C)Cn2c1cc1c(c2=O)COC(=O)[C@]1(O)CC. The van der Waals surface area contributed by atoms with E-state index in [1.807, 2.05) is 13.8 Å². The van der Waals surface area contributed by atoms with Crippen molar-refractivity contribution in [3.05, 3.63) is 61.8 Å². The largest absolute Gasteiger partial charge is 0.458 e. The summed E-state index contributed by atoms with van der Waals surface area (Å²) in [6.07, 6.45) is 0.584. The van der Waals surface area contributed by atoms with Crippen LogP contribution in [-0.4, -0.2) is 21.4 Å². The molecule has 1 aromatic carbocycles. The van der Waals surface area contributed by atoms with Crippen molar-refractivity contribution in [1.82, 2.24) is 4.57 Å². The number of aromatic nitrogens is 1. The first kappa shape index (κ1) is 19.5. The minimum absolute atomic E-state index is 0.0861. The van der Waals surface area contributed by atoms with Gasteiger partial charge >= 0.3 is 5.97 Å². The van der Waals surface area contributed by atoms with Crippen LogP contribution in [-0.2, 0) is 28.3 Å². The molecule has 0 spiro atoms. The van der Waals surface area contributed by atoms with Gasteiger partial charge in [-0.05, 0) is 49.4 Å². The van der Waals surface area contributed by atoms with Crippen LogP contribution in [0.4, 0.5) is 10.1 Å². The van der Waals surface area contributed by atoms with Crippen LogP contribution in [0.25, 0.3) is 0 Å². The molecule has 1 N–H and O–H groups in total. The van der Waals surface area contributed by atoms with Crippen molar-refractivity contribution < 1.29 is 19.0 Å². The second-order valence-corrected chi connectivity index (χ2v) is 7.62. The number of ether oxygens (including phenoxy) is 1. The zero-order chi connectivity index (χ0) is 21.1. The lowest BCUT2D eigenvalue weighted by Gasteiger charge is -2.33. The summed E-state index contributed by atoms with van der Waals surface area (Å²) in [4.78, 5) is 30.3. The smallest absolute Gasteiger partial charge is 0.343 e. The molecule has 2 aromatic rings. The maximum absolute atomic E-state index is 14.5. The van der Waals surface area contributed by atoms with E-state index in [0.717, 1.165) is 5.56 Å². The zero-order valence-electron chi connectivity index (χ0n) is 16.9. The van der Waals surface area contributed by atoms with Crippen LogP contribution in [0.1, 0.15) is 60.2 Å². The average Bonchev–Trinajstić information content (AvgIpc) is 2.70. The first-order chi connectivity index (χ1) is 13.7. The van der Waals surface area contributed by atoms with Gasteiger partial charge in [0, 0.05) is 11.6 Å². The van der Waals surface area contributed by atoms with Crippen LogP contribution in [0.2, 0.25) is 0 Å². The molecular weight excluding hydrogens is 375 g/mol. The normalized spacial score (nSPS) is 22.0. The molecule has 152 valence electrons. The van der Waals surface area contributed by atoms with E-state index >= 15 is 0 Å². The second-order valence-electron chi connectivity index (χ2n) is 7.62. The summed E-state index contributed by atoms with van der Waals surface area (Å²) in [6.45, 7) is 7.12. The number of cyclic esters (lactones) is 1. The quantitative estimate of drug-likeness (QED) is 0.788. The molecule has 0 radical (unpaired) electrons. The van der Waals surface area contributed by atoms with Crippen molar-refractivity contribution in [3.8, 4) is 0 Å². The van der Waals surface area contributed by atoms with Crippen molar-refractivity contribution in [2.45, 2.75) is 59.3 Å². The molecule has 3 heterocycles. The third kappa shape index (κ3) is 2.68. The third-order valence-electron chi connectivity index (χ3n) is 6.16. The van der Waals surface area contributed by atoms with Crippen molar-refractivity contribution in [2.75, 3.05) is 0 Å². The Balaban J connectivity index is 2.09. The molecule has 0 aliphatic carbocycles. The number of hydrogen-bond acceptors (Lipinski definition) is 5. The third-order valence-corrected chi connectivity index (χ3v) is 6.16. The van der Waals surface area contributed by atoms with Gasteiger partial charge in [0.2, 0.25) is 0 Å². The Bertz CT molecular complexity index is 1150. The Kier molecular flexibility index (Phi) is 4.46. The standard InChI is InChI=1S/C22H23FN2O4/c1-5-17-19-7-15-14(10-29-21(27)22(15,28)6-2)20(26)25(19)9-13-11(3)16(23)8-18(24-17)12(13)4/h7-8,28H,5-6,9-10H2,1-4H3/b24-17+/t22-/m0/s1. The molecular formula is C22H23FN2O4. The number of hydrogen-bond donors (Lipinski definition) is 1. The van der Waals surface area contributed by atoms with Crippen LogP contribution < -0.4 is 5.56 Å². The van der Waals surface area contributed by atoms with Crippen molar-refractivity contribution in [3.63, 3.8) is 0 Å².